The first kappa shape index (κ1) is 23.3. The van der Waals surface area contributed by atoms with E-state index in [4.69, 9.17) is 4.74 Å². The normalized spacial score (nSPS) is 11.4. The number of anilines is 1. The van der Waals surface area contributed by atoms with Crippen LogP contribution in [-0.2, 0) is 21.2 Å². The van der Waals surface area contributed by atoms with Gasteiger partial charge in [0.1, 0.15) is 17.2 Å². The molecular formula is C26H24N2O5S. The van der Waals surface area contributed by atoms with Gasteiger partial charge in [0.25, 0.3) is 0 Å². The first-order valence-corrected chi connectivity index (χ1v) is 12.2. The van der Waals surface area contributed by atoms with Gasteiger partial charge < -0.3 is 14.6 Å². The molecule has 174 valence electrons. The van der Waals surface area contributed by atoms with Crippen molar-refractivity contribution in [1.82, 2.24) is 4.57 Å². The van der Waals surface area contributed by atoms with Gasteiger partial charge in [0.05, 0.1) is 22.4 Å². The lowest BCUT2D eigenvalue weighted by atomic mass is 10.2. The third kappa shape index (κ3) is 4.72. The fraction of sp³-hybridized carbons (Fsp3) is 0.154. The van der Waals surface area contributed by atoms with Crippen LogP contribution in [0.1, 0.15) is 12.5 Å². The number of nitrogens with zero attached hydrogens (tertiary/aromatic N) is 1. The van der Waals surface area contributed by atoms with Crippen LogP contribution in [0.2, 0.25) is 0 Å². The number of aryl methyl sites for hydroxylation is 1. The zero-order valence-electron chi connectivity index (χ0n) is 18.8. The molecule has 0 bridgehead atoms. The van der Waals surface area contributed by atoms with E-state index < -0.39 is 20.2 Å². The highest BCUT2D eigenvalue weighted by atomic mass is 32.2. The fourth-order valence-corrected chi connectivity index (χ4v) is 5.02. The van der Waals surface area contributed by atoms with Gasteiger partial charge in [0.2, 0.25) is 21.2 Å². The Hall–Kier alpha value is -3.91. The van der Waals surface area contributed by atoms with E-state index in [0.29, 0.717) is 23.6 Å². The van der Waals surface area contributed by atoms with E-state index in [0.717, 1.165) is 5.56 Å². The lowest BCUT2D eigenvalue weighted by Gasteiger charge is -2.15. The van der Waals surface area contributed by atoms with Crippen LogP contribution < -0.4 is 15.5 Å². The van der Waals surface area contributed by atoms with Gasteiger partial charge in [0.15, 0.2) is 0 Å². The predicted molar refractivity (Wildman–Crippen MR) is 131 cm³/mol. The van der Waals surface area contributed by atoms with Gasteiger partial charge in [-0.1, -0.05) is 35.9 Å². The van der Waals surface area contributed by atoms with E-state index in [9.17, 15) is 18.0 Å². The summed E-state index contributed by atoms with van der Waals surface area (Å²) in [6.45, 7) is 3.87. The van der Waals surface area contributed by atoms with Crippen molar-refractivity contribution in [2.45, 2.75) is 30.2 Å². The summed E-state index contributed by atoms with van der Waals surface area (Å²) < 4.78 is 33.8. The maximum absolute atomic E-state index is 13.4. The van der Waals surface area contributed by atoms with Crippen molar-refractivity contribution in [2.75, 3.05) is 11.9 Å². The largest absolute Gasteiger partial charge is 0.494 e. The van der Waals surface area contributed by atoms with Crippen LogP contribution in [0.15, 0.2) is 93.6 Å². The minimum Gasteiger partial charge on any atom is -0.494 e. The average molecular weight is 477 g/mol. The van der Waals surface area contributed by atoms with Gasteiger partial charge in [0, 0.05) is 11.9 Å². The number of benzene rings is 3. The zero-order valence-corrected chi connectivity index (χ0v) is 19.6. The van der Waals surface area contributed by atoms with Crippen LogP contribution in [-0.4, -0.2) is 25.5 Å². The molecule has 4 aromatic rings. The summed E-state index contributed by atoms with van der Waals surface area (Å²) in [6.07, 6.45) is 1.24. The molecule has 0 unspecified atom stereocenters. The molecule has 0 saturated carbocycles. The number of aromatic nitrogens is 1. The minimum atomic E-state index is -4.13. The number of amides is 1. The summed E-state index contributed by atoms with van der Waals surface area (Å²) in [4.78, 5) is 25.7. The zero-order chi connectivity index (χ0) is 24.3. The van der Waals surface area contributed by atoms with Crippen LogP contribution in [0.5, 0.6) is 5.75 Å². The monoisotopic (exact) mass is 476 g/mol. The van der Waals surface area contributed by atoms with E-state index in [1.807, 2.05) is 19.9 Å². The maximum atomic E-state index is 13.4. The number of para-hydroxylation sites is 1. The highest BCUT2D eigenvalue weighted by molar-refractivity contribution is 7.91. The van der Waals surface area contributed by atoms with Crippen LogP contribution in [0.4, 0.5) is 5.69 Å². The summed E-state index contributed by atoms with van der Waals surface area (Å²) in [5.41, 5.74) is 1.30. The van der Waals surface area contributed by atoms with E-state index in [1.54, 1.807) is 48.5 Å². The Kier molecular flexibility index (Phi) is 6.51. The van der Waals surface area contributed by atoms with E-state index in [-0.39, 0.29) is 22.7 Å². The maximum Gasteiger partial charge on any atom is 0.244 e. The quantitative estimate of drug-likeness (QED) is 0.432. The Labute approximate surface area is 197 Å². The molecular weight excluding hydrogens is 452 g/mol. The number of carbonyl (C=O) groups is 1. The molecule has 34 heavy (non-hydrogen) atoms. The Morgan fingerprint density at radius 2 is 1.71 bits per heavy atom. The SMILES string of the molecule is CCOc1ccc2c(c1)c(=O)c(S(=O)(=O)c1ccc(C)cc1)cn2CC(=O)Nc1ccccc1. The molecule has 0 radical (unpaired) electrons. The number of carbonyl (C=O) groups excluding carboxylic acids is 1. The Morgan fingerprint density at radius 1 is 1.00 bits per heavy atom. The fourth-order valence-electron chi connectivity index (χ4n) is 3.65. The summed E-state index contributed by atoms with van der Waals surface area (Å²) in [5, 5.41) is 2.94. The Bertz CT molecular complexity index is 1510. The van der Waals surface area contributed by atoms with Gasteiger partial charge in [-0.15, -0.1) is 0 Å². The topological polar surface area (TPSA) is 94.5 Å². The van der Waals surface area contributed by atoms with Gasteiger partial charge in [-0.05, 0) is 56.3 Å². The van der Waals surface area contributed by atoms with E-state index >= 15 is 0 Å². The van der Waals surface area contributed by atoms with Crippen LogP contribution in [0.25, 0.3) is 10.9 Å². The number of sulfone groups is 1. The second-order valence-electron chi connectivity index (χ2n) is 7.79. The highest BCUT2D eigenvalue weighted by Gasteiger charge is 2.24. The molecule has 0 atom stereocenters. The van der Waals surface area contributed by atoms with Crippen molar-refractivity contribution in [1.29, 1.82) is 0 Å². The van der Waals surface area contributed by atoms with Crippen molar-refractivity contribution >= 4 is 32.3 Å². The molecule has 0 aliphatic carbocycles. The molecule has 0 spiro atoms. The molecule has 1 amide bonds. The molecule has 0 saturated heterocycles. The van der Waals surface area contributed by atoms with Crippen molar-refractivity contribution < 1.29 is 17.9 Å². The molecule has 8 heteroatoms. The predicted octanol–water partition coefficient (Wildman–Crippen LogP) is 4.18. The molecule has 1 heterocycles. The number of fused-ring (bicyclic) bond motifs is 1. The lowest BCUT2D eigenvalue weighted by Crippen LogP contribution is -2.24. The number of ether oxygens (including phenoxy) is 1. The minimum absolute atomic E-state index is 0.01000. The molecule has 0 aliphatic rings. The average Bonchev–Trinajstić information content (AvgIpc) is 2.82. The number of nitrogens with one attached hydrogen (secondary N) is 1. The van der Waals surface area contributed by atoms with Crippen molar-refractivity contribution in [2.24, 2.45) is 0 Å². The summed E-state index contributed by atoms with van der Waals surface area (Å²) in [6, 6.07) is 20.1. The van der Waals surface area contributed by atoms with Gasteiger partial charge in [-0.25, -0.2) is 8.42 Å². The van der Waals surface area contributed by atoms with Crippen LogP contribution in [0, 0.1) is 6.92 Å². The third-order valence-electron chi connectivity index (χ3n) is 5.32. The smallest absolute Gasteiger partial charge is 0.244 e. The number of hydrogen-bond acceptors (Lipinski definition) is 5. The second kappa shape index (κ2) is 9.52. The summed E-state index contributed by atoms with van der Waals surface area (Å²) in [7, 11) is -4.13. The van der Waals surface area contributed by atoms with Gasteiger partial charge >= 0.3 is 0 Å². The Morgan fingerprint density at radius 3 is 2.38 bits per heavy atom. The summed E-state index contributed by atoms with van der Waals surface area (Å²) in [5.74, 6) is 0.0842. The van der Waals surface area contributed by atoms with Gasteiger partial charge in [-0.2, -0.15) is 0 Å². The first-order chi connectivity index (χ1) is 16.3. The lowest BCUT2D eigenvalue weighted by molar-refractivity contribution is -0.116. The van der Waals surface area contributed by atoms with Crippen molar-refractivity contribution in [3.63, 3.8) is 0 Å². The first-order valence-electron chi connectivity index (χ1n) is 10.8. The van der Waals surface area contributed by atoms with Crippen molar-refractivity contribution in [3.8, 4) is 5.75 Å². The molecule has 0 aliphatic heterocycles. The van der Waals surface area contributed by atoms with Gasteiger partial charge in [-0.3, -0.25) is 9.59 Å². The molecule has 1 aromatic heterocycles. The Balaban J connectivity index is 1.85. The standard InChI is InChI=1S/C26H24N2O5S/c1-3-33-20-11-14-23-22(15-20)26(30)24(34(31,32)21-12-9-18(2)10-13-21)16-28(23)17-25(29)27-19-7-5-4-6-8-19/h4-16H,3,17H2,1-2H3,(H,27,29). The molecule has 7 nitrogen and oxygen atoms in total. The number of pyridine rings is 1. The van der Waals surface area contributed by atoms with Crippen LogP contribution >= 0.6 is 0 Å². The molecule has 4 rings (SSSR count). The molecule has 0 fully saturated rings. The molecule has 1 N–H and O–H groups in total. The summed E-state index contributed by atoms with van der Waals surface area (Å²) >= 11 is 0. The van der Waals surface area contributed by atoms with E-state index in [1.165, 1.54) is 29.0 Å². The third-order valence-corrected chi connectivity index (χ3v) is 7.08. The van der Waals surface area contributed by atoms with Crippen LogP contribution in [0.3, 0.4) is 0 Å². The number of rotatable bonds is 7. The highest BCUT2D eigenvalue weighted by Crippen LogP contribution is 2.24. The second-order valence-corrected chi connectivity index (χ2v) is 9.71. The van der Waals surface area contributed by atoms with E-state index in [2.05, 4.69) is 5.32 Å². The number of hydrogen-bond donors (Lipinski definition) is 1. The molecule has 3 aromatic carbocycles. The van der Waals surface area contributed by atoms with Crippen molar-refractivity contribution in [3.05, 3.63) is 94.8 Å².